The van der Waals surface area contributed by atoms with Crippen molar-refractivity contribution in [3.63, 3.8) is 0 Å². The van der Waals surface area contributed by atoms with Gasteiger partial charge in [-0.25, -0.2) is 0 Å². The second kappa shape index (κ2) is 9.11. The molecular formula is C19H23ClN2OS. The van der Waals surface area contributed by atoms with Crippen molar-refractivity contribution in [2.45, 2.75) is 23.1 Å². The average molecular weight is 363 g/mol. The number of amides is 1. The Balaban J connectivity index is 1.91. The molecule has 128 valence electrons. The molecule has 1 amide bonds. The quantitative estimate of drug-likeness (QED) is 0.748. The van der Waals surface area contributed by atoms with Crippen molar-refractivity contribution in [2.75, 3.05) is 20.6 Å². The van der Waals surface area contributed by atoms with Crippen LogP contribution in [-0.4, -0.2) is 36.7 Å². The molecule has 0 fully saturated rings. The molecule has 0 aliphatic rings. The molecule has 1 N–H and O–H groups in total. The molecule has 2 unspecified atom stereocenters. The van der Waals surface area contributed by atoms with E-state index in [-0.39, 0.29) is 17.2 Å². The van der Waals surface area contributed by atoms with Gasteiger partial charge < -0.3 is 10.2 Å². The van der Waals surface area contributed by atoms with E-state index in [9.17, 15) is 4.79 Å². The molecule has 2 aromatic rings. The number of rotatable bonds is 7. The van der Waals surface area contributed by atoms with E-state index in [1.165, 1.54) is 17.3 Å². The van der Waals surface area contributed by atoms with Gasteiger partial charge in [-0.1, -0.05) is 41.9 Å². The Bertz CT molecular complexity index is 646. The molecule has 0 aliphatic carbocycles. The lowest BCUT2D eigenvalue weighted by Gasteiger charge is -2.25. The van der Waals surface area contributed by atoms with Crippen LogP contribution >= 0.6 is 23.4 Å². The molecule has 24 heavy (non-hydrogen) atoms. The minimum Gasteiger partial charge on any atom is -0.353 e. The fourth-order valence-electron chi connectivity index (χ4n) is 2.39. The second-order valence-electron chi connectivity index (χ2n) is 5.85. The number of nitrogens with one attached hydrogen (secondary N) is 1. The Morgan fingerprint density at radius 1 is 1.12 bits per heavy atom. The molecule has 5 heteroatoms. The van der Waals surface area contributed by atoms with Crippen molar-refractivity contribution < 1.29 is 4.79 Å². The Hall–Kier alpha value is -1.49. The Morgan fingerprint density at radius 3 is 2.33 bits per heavy atom. The lowest BCUT2D eigenvalue weighted by Crippen LogP contribution is -2.38. The second-order valence-corrected chi connectivity index (χ2v) is 7.70. The van der Waals surface area contributed by atoms with Gasteiger partial charge in [-0.2, -0.15) is 0 Å². The third-order valence-electron chi connectivity index (χ3n) is 3.77. The third-order valence-corrected chi connectivity index (χ3v) is 5.14. The molecular weight excluding hydrogens is 340 g/mol. The fraction of sp³-hybridized carbons (Fsp3) is 0.316. The molecule has 0 aliphatic heterocycles. The van der Waals surface area contributed by atoms with Crippen molar-refractivity contribution >= 4 is 29.3 Å². The van der Waals surface area contributed by atoms with Gasteiger partial charge in [-0.05, 0) is 50.8 Å². The largest absolute Gasteiger partial charge is 0.353 e. The van der Waals surface area contributed by atoms with Crippen LogP contribution < -0.4 is 5.32 Å². The fourth-order valence-corrected chi connectivity index (χ4v) is 3.40. The lowest BCUT2D eigenvalue weighted by molar-refractivity contribution is -0.120. The lowest BCUT2D eigenvalue weighted by atomic mass is 10.1. The Kier molecular flexibility index (Phi) is 7.16. The Labute approximate surface area is 153 Å². The van der Waals surface area contributed by atoms with Crippen molar-refractivity contribution in [1.82, 2.24) is 10.2 Å². The van der Waals surface area contributed by atoms with Gasteiger partial charge in [0.15, 0.2) is 0 Å². The van der Waals surface area contributed by atoms with Gasteiger partial charge in [0, 0.05) is 16.5 Å². The van der Waals surface area contributed by atoms with E-state index in [0.717, 1.165) is 4.90 Å². The van der Waals surface area contributed by atoms with Crippen molar-refractivity contribution in [3.8, 4) is 0 Å². The summed E-state index contributed by atoms with van der Waals surface area (Å²) in [5, 5.41) is 3.61. The highest BCUT2D eigenvalue weighted by Gasteiger charge is 2.18. The molecule has 2 aromatic carbocycles. The van der Waals surface area contributed by atoms with Crippen LogP contribution in [0.4, 0.5) is 0 Å². The number of halogens is 1. The van der Waals surface area contributed by atoms with Gasteiger partial charge in [0.25, 0.3) is 0 Å². The zero-order chi connectivity index (χ0) is 17.5. The zero-order valence-electron chi connectivity index (χ0n) is 14.2. The maximum atomic E-state index is 12.4. The molecule has 0 radical (unpaired) electrons. The summed E-state index contributed by atoms with van der Waals surface area (Å²) in [4.78, 5) is 15.6. The predicted octanol–water partition coefficient (Wildman–Crippen LogP) is 4.24. The van der Waals surface area contributed by atoms with Crippen LogP contribution in [0.25, 0.3) is 0 Å². The van der Waals surface area contributed by atoms with E-state index < -0.39 is 0 Å². The van der Waals surface area contributed by atoms with E-state index in [1.54, 1.807) is 0 Å². The molecule has 0 heterocycles. The number of hydrogen-bond acceptors (Lipinski definition) is 3. The van der Waals surface area contributed by atoms with E-state index >= 15 is 0 Å². The number of benzene rings is 2. The smallest absolute Gasteiger partial charge is 0.233 e. The number of hydrogen-bond donors (Lipinski definition) is 1. The molecule has 0 saturated heterocycles. The summed E-state index contributed by atoms with van der Waals surface area (Å²) in [5.41, 5.74) is 1.20. The van der Waals surface area contributed by atoms with Crippen LogP contribution in [0.3, 0.4) is 0 Å². The topological polar surface area (TPSA) is 32.3 Å². The number of carbonyl (C=O) groups excluding carboxylic acids is 1. The van der Waals surface area contributed by atoms with Crippen molar-refractivity contribution in [3.05, 3.63) is 65.2 Å². The molecule has 0 saturated carbocycles. The predicted molar refractivity (Wildman–Crippen MR) is 103 cm³/mol. The van der Waals surface area contributed by atoms with Crippen molar-refractivity contribution in [1.29, 1.82) is 0 Å². The molecule has 0 bridgehead atoms. The maximum Gasteiger partial charge on any atom is 0.233 e. The highest BCUT2D eigenvalue weighted by molar-refractivity contribution is 8.00. The molecule has 2 rings (SSSR count). The van der Waals surface area contributed by atoms with E-state index in [2.05, 4.69) is 22.3 Å². The van der Waals surface area contributed by atoms with Crippen LogP contribution in [0.1, 0.15) is 18.5 Å². The maximum absolute atomic E-state index is 12.4. The SMILES string of the molecule is CC(Sc1ccc(Cl)cc1)C(=O)NCC(c1ccccc1)N(C)C. The monoisotopic (exact) mass is 362 g/mol. The molecule has 2 atom stereocenters. The van der Waals surface area contributed by atoms with Crippen molar-refractivity contribution in [2.24, 2.45) is 0 Å². The first-order chi connectivity index (χ1) is 11.5. The van der Waals surface area contributed by atoms with Crippen LogP contribution in [0.15, 0.2) is 59.5 Å². The number of nitrogens with zero attached hydrogens (tertiary/aromatic N) is 1. The standard InChI is InChI=1S/C19H23ClN2OS/c1-14(24-17-11-9-16(20)10-12-17)19(23)21-13-18(22(2)3)15-7-5-4-6-8-15/h4-12,14,18H,13H2,1-3H3,(H,21,23). The van der Waals surface area contributed by atoms with Crippen LogP contribution in [0.2, 0.25) is 5.02 Å². The highest BCUT2D eigenvalue weighted by Crippen LogP contribution is 2.25. The summed E-state index contributed by atoms with van der Waals surface area (Å²) < 4.78 is 0. The summed E-state index contributed by atoms with van der Waals surface area (Å²) in [6, 6.07) is 17.9. The summed E-state index contributed by atoms with van der Waals surface area (Å²) in [7, 11) is 4.05. The molecule has 0 aromatic heterocycles. The molecule has 3 nitrogen and oxygen atoms in total. The summed E-state index contributed by atoms with van der Waals surface area (Å²) in [6.07, 6.45) is 0. The zero-order valence-corrected chi connectivity index (χ0v) is 15.8. The van der Waals surface area contributed by atoms with Gasteiger partial charge in [0.2, 0.25) is 5.91 Å². The van der Waals surface area contributed by atoms with E-state index in [1.807, 2.05) is 63.5 Å². The summed E-state index contributed by atoms with van der Waals surface area (Å²) in [6.45, 7) is 2.50. The van der Waals surface area contributed by atoms with Crippen LogP contribution in [0, 0.1) is 0 Å². The van der Waals surface area contributed by atoms with Gasteiger partial charge in [0.05, 0.1) is 11.3 Å². The van der Waals surface area contributed by atoms with E-state index in [4.69, 9.17) is 11.6 Å². The van der Waals surface area contributed by atoms with E-state index in [0.29, 0.717) is 11.6 Å². The first-order valence-corrected chi connectivity index (χ1v) is 9.14. The summed E-state index contributed by atoms with van der Waals surface area (Å²) in [5.74, 6) is 0.0396. The average Bonchev–Trinajstić information content (AvgIpc) is 2.57. The first kappa shape index (κ1) is 18.8. The highest BCUT2D eigenvalue weighted by atomic mass is 35.5. The Morgan fingerprint density at radius 2 is 1.75 bits per heavy atom. The van der Waals surface area contributed by atoms with Gasteiger partial charge in [-0.3, -0.25) is 4.79 Å². The third kappa shape index (κ3) is 5.55. The number of carbonyl (C=O) groups is 1. The summed E-state index contributed by atoms with van der Waals surface area (Å²) >= 11 is 7.42. The minimum absolute atomic E-state index is 0.0396. The normalized spacial score (nSPS) is 13.5. The van der Waals surface area contributed by atoms with Gasteiger partial charge >= 0.3 is 0 Å². The van der Waals surface area contributed by atoms with Gasteiger partial charge in [0.1, 0.15) is 0 Å². The van der Waals surface area contributed by atoms with Gasteiger partial charge in [-0.15, -0.1) is 11.8 Å². The number of likely N-dealkylation sites (N-methyl/N-ethyl adjacent to an activating group) is 1. The van der Waals surface area contributed by atoms with Crippen LogP contribution in [-0.2, 0) is 4.79 Å². The first-order valence-electron chi connectivity index (χ1n) is 7.88. The van der Waals surface area contributed by atoms with Crippen LogP contribution in [0.5, 0.6) is 0 Å². The molecule has 0 spiro atoms. The minimum atomic E-state index is -0.162. The number of thioether (sulfide) groups is 1.